The first-order chi connectivity index (χ1) is 17.8. The Bertz CT molecular complexity index is 1370. The third kappa shape index (κ3) is 6.23. The van der Waals surface area contributed by atoms with Gasteiger partial charge in [0.15, 0.2) is 11.5 Å². The van der Waals surface area contributed by atoms with Gasteiger partial charge in [-0.25, -0.2) is 9.59 Å². The molecule has 1 aliphatic rings. The summed E-state index contributed by atoms with van der Waals surface area (Å²) in [6.45, 7) is 2.45. The van der Waals surface area contributed by atoms with Crippen molar-refractivity contribution in [2.45, 2.75) is 20.1 Å². The van der Waals surface area contributed by atoms with Crippen molar-refractivity contribution in [3.63, 3.8) is 0 Å². The van der Waals surface area contributed by atoms with Crippen molar-refractivity contribution in [3.8, 4) is 11.5 Å². The lowest BCUT2D eigenvalue weighted by atomic mass is 10.1. The van der Waals surface area contributed by atoms with Crippen molar-refractivity contribution in [1.82, 2.24) is 10.2 Å². The number of benzene rings is 2. The topological polar surface area (TPSA) is 107 Å². The summed E-state index contributed by atoms with van der Waals surface area (Å²) in [6, 6.07) is 13.6. The fraction of sp³-hybridized carbons (Fsp3) is 0.192. The molecule has 11 heteroatoms. The van der Waals surface area contributed by atoms with Crippen molar-refractivity contribution >= 4 is 55.8 Å². The van der Waals surface area contributed by atoms with Gasteiger partial charge >= 0.3 is 12.0 Å². The van der Waals surface area contributed by atoms with Gasteiger partial charge in [0.05, 0.1) is 24.7 Å². The largest absolute Gasteiger partial charge is 0.490 e. The number of amides is 3. The van der Waals surface area contributed by atoms with E-state index in [4.69, 9.17) is 13.9 Å². The Balaban J connectivity index is 1.52. The van der Waals surface area contributed by atoms with Gasteiger partial charge in [-0.05, 0) is 76.5 Å². The third-order valence-electron chi connectivity index (χ3n) is 5.26. The number of ether oxygens (including phenoxy) is 3. The number of rotatable bonds is 9. The van der Waals surface area contributed by atoms with Gasteiger partial charge in [0.2, 0.25) is 5.76 Å². The maximum Gasteiger partial charge on any atom is 0.373 e. The van der Waals surface area contributed by atoms with Crippen molar-refractivity contribution in [2.24, 2.45) is 0 Å². The molecule has 1 N–H and O–H groups in total. The lowest BCUT2D eigenvalue weighted by Gasteiger charge is -2.15. The second kappa shape index (κ2) is 11.7. The minimum Gasteiger partial charge on any atom is -0.490 e. The molecule has 3 aromatic rings. The number of hydrogen-bond donors (Lipinski definition) is 1. The second-order valence-electron chi connectivity index (χ2n) is 7.82. The van der Waals surface area contributed by atoms with Crippen molar-refractivity contribution in [3.05, 3.63) is 85.8 Å². The van der Waals surface area contributed by atoms with Gasteiger partial charge < -0.3 is 23.9 Å². The van der Waals surface area contributed by atoms with Gasteiger partial charge in [0.25, 0.3) is 5.91 Å². The molecule has 0 radical (unpaired) electrons. The van der Waals surface area contributed by atoms with Crippen LogP contribution in [0.3, 0.4) is 0 Å². The van der Waals surface area contributed by atoms with Crippen LogP contribution >= 0.6 is 31.9 Å². The molecule has 1 saturated heterocycles. The molecule has 0 spiro atoms. The summed E-state index contributed by atoms with van der Waals surface area (Å²) in [5, 5.41) is 2.57. The summed E-state index contributed by atoms with van der Waals surface area (Å²) in [5.41, 5.74) is 1.68. The highest BCUT2D eigenvalue weighted by atomic mass is 79.9. The molecule has 2 heterocycles. The average molecular weight is 634 g/mol. The Kier molecular flexibility index (Phi) is 8.34. The molecule has 1 fully saturated rings. The van der Waals surface area contributed by atoms with Crippen LogP contribution in [-0.4, -0.2) is 36.5 Å². The molecule has 0 aliphatic carbocycles. The van der Waals surface area contributed by atoms with Crippen LogP contribution in [-0.2, 0) is 22.7 Å². The fourth-order valence-corrected chi connectivity index (χ4v) is 4.36. The van der Waals surface area contributed by atoms with Crippen LogP contribution in [0.25, 0.3) is 6.08 Å². The van der Waals surface area contributed by atoms with Gasteiger partial charge in [0, 0.05) is 4.47 Å². The maximum absolute atomic E-state index is 12.9. The summed E-state index contributed by atoms with van der Waals surface area (Å²) < 4.78 is 23.4. The van der Waals surface area contributed by atoms with Crippen molar-refractivity contribution < 1.29 is 33.0 Å². The first kappa shape index (κ1) is 26.5. The summed E-state index contributed by atoms with van der Waals surface area (Å²) in [7, 11) is 1.23. The van der Waals surface area contributed by atoms with E-state index >= 15 is 0 Å². The fourth-order valence-electron chi connectivity index (χ4n) is 3.52. The van der Waals surface area contributed by atoms with Crippen LogP contribution in [0.1, 0.15) is 34.4 Å². The molecule has 0 atom stereocenters. The number of urea groups is 1. The molecule has 0 saturated carbocycles. The first-order valence-corrected chi connectivity index (χ1v) is 12.7. The number of imide groups is 1. The number of halogens is 2. The van der Waals surface area contributed by atoms with Crippen LogP contribution in [0.2, 0.25) is 0 Å². The molecular weight excluding hydrogens is 612 g/mol. The second-order valence-corrected chi connectivity index (χ2v) is 9.59. The lowest BCUT2D eigenvalue weighted by Crippen LogP contribution is -2.30. The Hall–Kier alpha value is -3.57. The standard InChI is InChI=1S/C26H22Br2N2O7/c1-3-35-22-12-16(10-19(28)23(22)36-14-15-4-6-17(27)7-5-15)11-20-24(31)30(26(33)29-20)13-18-8-9-21(37-18)25(32)34-2/h4-12H,3,13-14H2,1-2H3,(H,29,33)/b20-11-. The Morgan fingerprint density at radius 1 is 1.08 bits per heavy atom. The molecule has 4 rings (SSSR count). The van der Waals surface area contributed by atoms with Gasteiger partial charge in [-0.3, -0.25) is 9.69 Å². The third-order valence-corrected chi connectivity index (χ3v) is 6.38. The molecule has 1 aromatic heterocycles. The summed E-state index contributed by atoms with van der Waals surface area (Å²) >= 11 is 6.95. The molecule has 3 amide bonds. The number of nitrogens with zero attached hydrogens (tertiary/aromatic N) is 1. The highest BCUT2D eigenvalue weighted by Gasteiger charge is 2.34. The van der Waals surface area contributed by atoms with Crippen molar-refractivity contribution in [2.75, 3.05) is 13.7 Å². The molecule has 1 aliphatic heterocycles. The number of nitrogens with one attached hydrogen (secondary N) is 1. The molecule has 9 nitrogen and oxygen atoms in total. The zero-order chi connectivity index (χ0) is 26.5. The molecule has 0 bridgehead atoms. The van der Waals surface area contributed by atoms with Crippen LogP contribution in [0.4, 0.5) is 4.79 Å². The maximum atomic E-state index is 12.9. The van der Waals surface area contributed by atoms with E-state index in [9.17, 15) is 14.4 Å². The zero-order valence-electron chi connectivity index (χ0n) is 19.9. The minimum absolute atomic E-state index is 0.0175. The van der Waals surface area contributed by atoms with Gasteiger partial charge in [0.1, 0.15) is 18.1 Å². The average Bonchev–Trinajstić information content (AvgIpc) is 3.45. The zero-order valence-corrected chi connectivity index (χ0v) is 23.1. The summed E-state index contributed by atoms with van der Waals surface area (Å²) in [5.74, 6) is 0.0689. The van der Waals surface area contributed by atoms with E-state index in [0.29, 0.717) is 34.7 Å². The minimum atomic E-state index is -0.649. The smallest absolute Gasteiger partial charge is 0.373 e. The molecule has 0 unspecified atom stereocenters. The van der Waals surface area contributed by atoms with Crippen LogP contribution in [0.15, 0.2) is 67.6 Å². The highest BCUT2D eigenvalue weighted by Crippen LogP contribution is 2.38. The molecule has 192 valence electrons. The summed E-state index contributed by atoms with van der Waals surface area (Å²) in [6.07, 6.45) is 1.55. The molecule has 37 heavy (non-hydrogen) atoms. The van der Waals surface area contributed by atoms with Gasteiger partial charge in [-0.1, -0.05) is 28.1 Å². The SMILES string of the molecule is CCOc1cc(/C=C2\NC(=O)N(Cc3ccc(C(=O)OC)o3)C2=O)cc(Br)c1OCc1ccc(Br)cc1. The quantitative estimate of drug-likeness (QED) is 0.184. The highest BCUT2D eigenvalue weighted by molar-refractivity contribution is 9.10. The van der Waals surface area contributed by atoms with Gasteiger partial charge in [-0.2, -0.15) is 0 Å². The van der Waals surface area contributed by atoms with Crippen LogP contribution in [0.5, 0.6) is 11.5 Å². The number of esters is 1. The Labute approximate surface area is 229 Å². The van der Waals surface area contributed by atoms with E-state index in [0.717, 1.165) is 14.9 Å². The van der Waals surface area contributed by atoms with E-state index in [1.165, 1.54) is 19.2 Å². The van der Waals surface area contributed by atoms with E-state index in [1.54, 1.807) is 18.2 Å². The normalized spacial score (nSPS) is 14.2. The van der Waals surface area contributed by atoms with Crippen LogP contribution < -0.4 is 14.8 Å². The predicted molar refractivity (Wildman–Crippen MR) is 141 cm³/mol. The van der Waals surface area contributed by atoms with E-state index < -0.39 is 17.9 Å². The van der Waals surface area contributed by atoms with Gasteiger partial charge in [-0.15, -0.1) is 0 Å². The van der Waals surface area contributed by atoms with Crippen LogP contribution in [0, 0.1) is 0 Å². The number of furan rings is 1. The number of carbonyl (C=O) groups is 3. The number of methoxy groups -OCH3 is 1. The van der Waals surface area contributed by atoms with E-state index in [1.807, 2.05) is 31.2 Å². The monoisotopic (exact) mass is 632 g/mol. The van der Waals surface area contributed by atoms with Crippen molar-refractivity contribution in [1.29, 1.82) is 0 Å². The van der Waals surface area contributed by atoms with E-state index in [2.05, 4.69) is 41.9 Å². The predicted octanol–water partition coefficient (Wildman–Crippen LogP) is 5.66. The summed E-state index contributed by atoms with van der Waals surface area (Å²) in [4.78, 5) is 38.0. The Morgan fingerprint density at radius 2 is 1.84 bits per heavy atom. The Morgan fingerprint density at radius 3 is 2.54 bits per heavy atom. The van der Waals surface area contributed by atoms with E-state index in [-0.39, 0.29) is 23.8 Å². The molecular formula is C26H22Br2N2O7. The number of hydrogen-bond acceptors (Lipinski definition) is 7. The lowest BCUT2D eigenvalue weighted by molar-refractivity contribution is -0.123. The number of carbonyl (C=O) groups excluding carboxylic acids is 3. The molecule has 2 aromatic carbocycles. The first-order valence-electron chi connectivity index (χ1n) is 11.1.